The van der Waals surface area contributed by atoms with Crippen LogP contribution in [0.3, 0.4) is 0 Å². The van der Waals surface area contributed by atoms with E-state index in [-0.39, 0.29) is 28.4 Å². The number of amides is 3. The average molecular weight is 473 g/mol. The third-order valence-electron chi connectivity index (χ3n) is 5.33. The molecule has 2 aliphatic rings. The zero-order valence-corrected chi connectivity index (χ0v) is 20.0. The first-order valence-corrected chi connectivity index (χ1v) is 12.0. The zero-order valence-electron chi connectivity index (χ0n) is 17.7. The normalized spacial score (nSPS) is 21.0. The second-order valence-electron chi connectivity index (χ2n) is 8.95. The third-order valence-corrected chi connectivity index (χ3v) is 7.49. The third kappa shape index (κ3) is 6.19. The molecule has 2 saturated heterocycles. The lowest BCUT2D eigenvalue weighted by Gasteiger charge is -2.40. The fraction of sp³-hybridized carbons (Fsp3) is 0.619. The largest absolute Gasteiger partial charge is 0.354 e. The second kappa shape index (κ2) is 9.55. The van der Waals surface area contributed by atoms with Gasteiger partial charge in [0.2, 0.25) is 5.91 Å². The molecule has 0 radical (unpaired) electrons. The van der Waals surface area contributed by atoms with Crippen LogP contribution in [0.25, 0.3) is 0 Å². The van der Waals surface area contributed by atoms with Crippen molar-refractivity contribution in [3.05, 3.63) is 33.8 Å². The number of benzene rings is 1. The maximum atomic E-state index is 12.6. The minimum Gasteiger partial charge on any atom is -0.354 e. The first kappa shape index (κ1) is 23.5. The van der Waals surface area contributed by atoms with E-state index in [1.165, 1.54) is 0 Å². The molecule has 1 spiro atoms. The molecule has 0 aromatic heterocycles. The average Bonchev–Trinajstić information content (AvgIpc) is 3.06. The number of hydrogen-bond donors (Lipinski definition) is 3. The van der Waals surface area contributed by atoms with Gasteiger partial charge in [-0.25, -0.2) is 4.79 Å². The molecule has 1 unspecified atom stereocenters. The van der Waals surface area contributed by atoms with E-state index in [1.807, 2.05) is 31.7 Å². The summed E-state index contributed by atoms with van der Waals surface area (Å²) in [6.45, 7) is 7.84. The summed E-state index contributed by atoms with van der Waals surface area (Å²) in [4.78, 5) is 26.7. The van der Waals surface area contributed by atoms with E-state index in [2.05, 4.69) is 16.0 Å². The van der Waals surface area contributed by atoms with E-state index in [4.69, 9.17) is 23.2 Å². The Morgan fingerprint density at radius 3 is 2.60 bits per heavy atom. The van der Waals surface area contributed by atoms with E-state index in [1.54, 1.807) is 23.9 Å². The molecule has 2 heterocycles. The minimum atomic E-state index is -0.244. The molecular weight excluding hydrogens is 443 g/mol. The van der Waals surface area contributed by atoms with E-state index >= 15 is 0 Å². The standard InChI is InChI=1S/C21H30Cl2N4O2S/c1-20(2,3)26-19(29)27-10-7-21(8-11-27)25-17(13-30-21)18(28)24-9-6-14-4-5-15(22)12-16(14)23/h4-5,12,17,25H,6-11,13H2,1-3H3,(H,24,28)(H,26,29). The lowest BCUT2D eigenvalue weighted by atomic mass is 10.0. The molecule has 1 aromatic rings. The number of hydrogen-bond acceptors (Lipinski definition) is 4. The van der Waals surface area contributed by atoms with Gasteiger partial charge in [0.05, 0.1) is 10.9 Å². The maximum Gasteiger partial charge on any atom is 0.317 e. The first-order chi connectivity index (χ1) is 14.1. The summed E-state index contributed by atoms with van der Waals surface area (Å²) in [6.07, 6.45) is 2.32. The van der Waals surface area contributed by atoms with Gasteiger partial charge in [0.1, 0.15) is 0 Å². The Balaban J connectivity index is 1.43. The van der Waals surface area contributed by atoms with Gasteiger partial charge in [-0.1, -0.05) is 29.3 Å². The van der Waals surface area contributed by atoms with Crippen LogP contribution in [0.4, 0.5) is 4.79 Å². The molecule has 166 valence electrons. The van der Waals surface area contributed by atoms with Crippen molar-refractivity contribution in [3.8, 4) is 0 Å². The lowest BCUT2D eigenvalue weighted by molar-refractivity contribution is -0.122. The van der Waals surface area contributed by atoms with Gasteiger partial charge in [0.15, 0.2) is 0 Å². The van der Waals surface area contributed by atoms with Gasteiger partial charge < -0.3 is 15.5 Å². The van der Waals surface area contributed by atoms with E-state index in [0.717, 1.165) is 24.2 Å². The van der Waals surface area contributed by atoms with Crippen molar-refractivity contribution in [1.82, 2.24) is 20.9 Å². The number of piperidine rings is 1. The van der Waals surface area contributed by atoms with E-state index in [9.17, 15) is 9.59 Å². The van der Waals surface area contributed by atoms with Crippen LogP contribution in [0, 0.1) is 0 Å². The van der Waals surface area contributed by atoms with E-state index in [0.29, 0.717) is 36.1 Å². The van der Waals surface area contributed by atoms with Crippen LogP contribution in [0.5, 0.6) is 0 Å². The molecule has 6 nitrogen and oxygen atoms in total. The number of likely N-dealkylation sites (tertiary alicyclic amines) is 1. The van der Waals surface area contributed by atoms with E-state index < -0.39 is 0 Å². The van der Waals surface area contributed by atoms with Crippen molar-refractivity contribution >= 4 is 46.9 Å². The molecule has 3 rings (SSSR count). The molecular formula is C21H30Cl2N4O2S. The molecule has 2 aliphatic heterocycles. The molecule has 30 heavy (non-hydrogen) atoms. The number of rotatable bonds is 4. The minimum absolute atomic E-state index is 0.0115. The Kier molecular flexibility index (Phi) is 7.49. The predicted octanol–water partition coefficient (Wildman–Crippen LogP) is 3.66. The lowest BCUT2D eigenvalue weighted by Crippen LogP contribution is -2.57. The Labute approximate surface area is 192 Å². The molecule has 0 saturated carbocycles. The number of carbonyl (C=O) groups is 2. The van der Waals surface area contributed by atoms with Gasteiger partial charge in [-0.05, 0) is 57.7 Å². The van der Waals surface area contributed by atoms with Crippen LogP contribution < -0.4 is 16.0 Å². The Bertz CT molecular complexity index is 792. The molecule has 0 bridgehead atoms. The quantitative estimate of drug-likeness (QED) is 0.624. The Morgan fingerprint density at radius 1 is 1.27 bits per heavy atom. The summed E-state index contributed by atoms with van der Waals surface area (Å²) in [5.41, 5.74) is 0.721. The van der Waals surface area contributed by atoms with Crippen LogP contribution in [0.2, 0.25) is 10.0 Å². The van der Waals surface area contributed by atoms with Crippen LogP contribution >= 0.6 is 35.0 Å². The summed E-state index contributed by atoms with van der Waals surface area (Å²) < 4.78 is 0. The Morgan fingerprint density at radius 2 is 1.97 bits per heavy atom. The van der Waals surface area contributed by atoms with Gasteiger partial charge in [0, 0.05) is 41.0 Å². The number of halogens is 2. The summed E-state index contributed by atoms with van der Waals surface area (Å²) >= 11 is 13.9. The number of carbonyl (C=O) groups excluding carboxylic acids is 2. The van der Waals surface area contributed by atoms with Crippen LogP contribution in [0.15, 0.2) is 18.2 Å². The Hall–Kier alpha value is -1.15. The maximum absolute atomic E-state index is 12.6. The van der Waals surface area contributed by atoms with Gasteiger partial charge in [0.25, 0.3) is 0 Å². The highest BCUT2D eigenvalue weighted by Gasteiger charge is 2.44. The van der Waals surface area contributed by atoms with Crippen LogP contribution in [-0.4, -0.2) is 58.7 Å². The summed E-state index contributed by atoms with van der Waals surface area (Å²) in [5, 5.41) is 10.8. The van der Waals surface area contributed by atoms with Crippen molar-refractivity contribution in [1.29, 1.82) is 0 Å². The number of thioether (sulfide) groups is 1. The molecule has 1 atom stereocenters. The summed E-state index contributed by atoms with van der Waals surface area (Å²) in [5.74, 6) is 0.749. The monoisotopic (exact) mass is 472 g/mol. The zero-order chi connectivity index (χ0) is 21.9. The molecule has 9 heteroatoms. The fourth-order valence-corrected chi connectivity index (χ4v) is 5.63. The van der Waals surface area contributed by atoms with Crippen molar-refractivity contribution < 1.29 is 9.59 Å². The molecule has 0 aliphatic carbocycles. The molecule has 3 N–H and O–H groups in total. The second-order valence-corrected chi connectivity index (χ2v) is 11.2. The topological polar surface area (TPSA) is 73.5 Å². The number of nitrogens with zero attached hydrogens (tertiary/aromatic N) is 1. The van der Waals surface area contributed by atoms with Crippen molar-refractivity contribution in [3.63, 3.8) is 0 Å². The fourth-order valence-electron chi connectivity index (χ4n) is 3.71. The van der Waals surface area contributed by atoms with Gasteiger partial charge in [-0.3, -0.25) is 10.1 Å². The molecule has 3 amide bonds. The van der Waals surface area contributed by atoms with Crippen LogP contribution in [-0.2, 0) is 11.2 Å². The molecule has 2 fully saturated rings. The SMILES string of the molecule is CC(C)(C)NC(=O)N1CCC2(CC1)NC(C(=O)NCCc1ccc(Cl)cc1Cl)CS2. The number of nitrogens with one attached hydrogen (secondary N) is 3. The number of urea groups is 1. The van der Waals surface area contributed by atoms with Gasteiger partial charge >= 0.3 is 6.03 Å². The molecule has 1 aromatic carbocycles. The highest BCUT2D eigenvalue weighted by Crippen LogP contribution is 2.39. The van der Waals surface area contributed by atoms with Gasteiger partial charge in [-0.2, -0.15) is 0 Å². The van der Waals surface area contributed by atoms with Crippen molar-refractivity contribution in [2.75, 3.05) is 25.4 Å². The van der Waals surface area contributed by atoms with Crippen LogP contribution in [0.1, 0.15) is 39.2 Å². The smallest absolute Gasteiger partial charge is 0.317 e. The van der Waals surface area contributed by atoms with Crippen molar-refractivity contribution in [2.24, 2.45) is 0 Å². The van der Waals surface area contributed by atoms with Gasteiger partial charge in [-0.15, -0.1) is 11.8 Å². The van der Waals surface area contributed by atoms with Crippen molar-refractivity contribution in [2.45, 2.75) is 56.5 Å². The highest BCUT2D eigenvalue weighted by molar-refractivity contribution is 8.01. The summed E-state index contributed by atoms with van der Waals surface area (Å²) in [7, 11) is 0. The predicted molar refractivity (Wildman–Crippen MR) is 124 cm³/mol. The first-order valence-electron chi connectivity index (χ1n) is 10.3. The summed E-state index contributed by atoms with van der Waals surface area (Å²) in [6, 6.07) is 5.17. The highest BCUT2D eigenvalue weighted by atomic mass is 35.5.